The highest BCUT2D eigenvalue weighted by Crippen LogP contribution is 2.08. The van der Waals surface area contributed by atoms with Crippen LogP contribution < -0.4 is 0 Å². The molecule has 0 radical (unpaired) electrons. The van der Waals surface area contributed by atoms with E-state index >= 15 is 0 Å². The zero-order chi connectivity index (χ0) is 10.4. The van der Waals surface area contributed by atoms with E-state index in [-0.39, 0.29) is 0 Å². The number of nitrogens with zero attached hydrogens (tertiary/aromatic N) is 2. The summed E-state index contributed by atoms with van der Waals surface area (Å²) in [5.74, 6) is 2.68. The lowest BCUT2D eigenvalue weighted by Crippen LogP contribution is -2.43. The predicted octanol–water partition coefficient (Wildman–Crippen LogP) is 0.272. The van der Waals surface area contributed by atoms with Gasteiger partial charge in [-0.25, -0.2) is 0 Å². The fourth-order valence-corrected chi connectivity index (χ4v) is 1.63. The fourth-order valence-electron chi connectivity index (χ4n) is 1.63. The van der Waals surface area contributed by atoms with Crippen molar-refractivity contribution in [2.24, 2.45) is 0 Å². The number of hydrogen-bond acceptors (Lipinski definition) is 3. The van der Waals surface area contributed by atoms with Gasteiger partial charge in [0.1, 0.15) is 0 Å². The maximum Gasteiger partial charge on any atom is 0.0715 e. The van der Waals surface area contributed by atoms with E-state index in [4.69, 9.17) is 11.2 Å². The van der Waals surface area contributed by atoms with Crippen LogP contribution in [0.4, 0.5) is 0 Å². The molecule has 0 aromatic heterocycles. The highest BCUT2D eigenvalue weighted by Gasteiger charge is 2.19. The third-order valence-corrected chi connectivity index (χ3v) is 2.44. The summed E-state index contributed by atoms with van der Waals surface area (Å²) in [7, 11) is 4.17. The Hall–Kier alpha value is -0.560. The molecule has 1 aliphatic heterocycles. The summed E-state index contributed by atoms with van der Waals surface area (Å²) in [6.07, 6.45) is 6.74. The predicted molar refractivity (Wildman–Crippen MR) is 58.2 cm³/mol. The maximum absolute atomic E-state index is 5.67. The molecular formula is C11H20N2O. The molecule has 80 valence electrons. The van der Waals surface area contributed by atoms with Crippen LogP contribution in [0, 0.1) is 12.3 Å². The molecule has 3 nitrogen and oxygen atoms in total. The van der Waals surface area contributed by atoms with Gasteiger partial charge in [-0.05, 0) is 20.5 Å². The minimum Gasteiger partial charge on any atom is -0.376 e. The smallest absolute Gasteiger partial charge is 0.0715 e. The van der Waals surface area contributed by atoms with Gasteiger partial charge in [0, 0.05) is 19.6 Å². The van der Waals surface area contributed by atoms with E-state index in [1.54, 1.807) is 0 Å². The number of morpholine rings is 1. The van der Waals surface area contributed by atoms with E-state index in [1.165, 1.54) is 0 Å². The zero-order valence-electron chi connectivity index (χ0n) is 9.20. The van der Waals surface area contributed by atoms with Crippen molar-refractivity contribution in [2.45, 2.75) is 12.5 Å². The molecule has 1 rings (SSSR count). The molecule has 0 aromatic rings. The maximum atomic E-state index is 5.67. The molecular weight excluding hydrogens is 176 g/mol. The SMILES string of the molecule is C#CCN1CCO[C@H](CCN(C)C)C1. The second kappa shape index (κ2) is 6.02. The highest BCUT2D eigenvalue weighted by molar-refractivity contribution is 4.89. The Morgan fingerprint density at radius 1 is 1.57 bits per heavy atom. The van der Waals surface area contributed by atoms with Gasteiger partial charge in [-0.15, -0.1) is 6.42 Å². The van der Waals surface area contributed by atoms with Crippen molar-refractivity contribution in [3.63, 3.8) is 0 Å². The first-order valence-corrected chi connectivity index (χ1v) is 5.14. The Labute approximate surface area is 87.0 Å². The minimum atomic E-state index is 0.361. The van der Waals surface area contributed by atoms with Gasteiger partial charge in [-0.3, -0.25) is 4.90 Å². The van der Waals surface area contributed by atoms with Crippen molar-refractivity contribution >= 4 is 0 Å². The molecule has 1 saturated heterocycles. The lowest BCUT2D eigenvalue weighted by molar-refractivity contribution is -0.0298. The van der Waals surface area contributed by atoms with Gasteiger partial charge < -0.3 is 9.64 Å². The van der Waals surface area contributed by atoms with Crippen LogP contribution in [0.2, 0.25) is 0 Å². The van der Waals surface area contributed by atoms with E-state index < -0.39 is 0 Å². The van der Waals surface area contributed by atoms with Crippen LogP contribution in [0.3, 0.4) is 0 Å². The highest BCUT2D eigenvalue weighted by atomic mass is 16.5. The molecule has 0 saturated carbocycles. The summed E-state index contributed by atoms with van der Waals surface area (Å²) in [5.41, 5.74) is 0. The lowest BCUT2D eigenvalue weighted by Gasteiger charge is -2.32. The summed E-state index contributed by atoms with van der Waals surface area (Å²) in [6.45, 7) is 4.61. The first-order chi connectivity index (χ1) is 6.72. The zero-order valence-corrected chi connectivity index (χ0v) is 9.20. The third kappa shape index (κ3) is 4.10. The van der Waals surface area contributed by atoms with Crippen molar-refractivity contribution in [1.29, 1.82) is 0 Å². The standard InChI is InChI=1S/C11H20N2O/c1-4-6-13-8-9-14-11(10-13)5-7-12(2)3/h1,11H,5-10H2,2-3H3/t11-/m1/s1. The summed E-state index contributed by atoms with van der Waals surface area (Å²) >= 11 is 0. The molecule has 0 N–H and O–H groups in total. The van der Waals surface area contributed by atoms with Crippen molar-refractivity contribution in [1.82, 2.24) is 9.80 Å². The van der Waals surface area contributed by atoms with Crippen LogP contribution in [0.15, 0.2) is 0 Å². The van der Waals surface area contributed by atoms with E-state index in [2.05, 4.69) is 29.8 Å². The molecule has 14 heavy (non-hydrogen) atoms. The number of rotatable bonds is 4. The molecule has 3 heteroatoms. The number of terminal acetylenes is 1. The van der Waals surface area contributed by atoms with E-state index in [1.807, 2.05) is 0 Å². The van der Waals surface area contributed by atoms with Gasteiger partial charge in [0.05, 0.1) is 19.3 Å². The summed E-state index contributed by atoms with van der Waals surface area (Å²) in [4.78, 5) is 4.47. The molecule has 1 aliphatic rings. The first kappa shape index (κ1) is 11.5. The van der Waals surface area contributed by atoms with Crippen molar-refractivity contribution < 1.29 is 4.74 Å². The van der Waals surface area contributed by atoms with Gasteiger partial charge in [0.25, 0.3) is 0 Å². The normalized spacial score (nSPS) is 23.7. The second-order valence-corrected chi connectivity index (χ2v) is 4.02. The van der Waals surface area contributed by atoms with E-state index in [0.29, 0.717) is 6.10 Å². The Morgan fingerprint density at radius 3 is 3.00 bits per heavy atom. The topological polar surface area (TPSA) is 15.7 Å². The van der Waals surface area contributed by atoms with Crippen molar-refractivity contribution in [2.75, 3.05) is 46.9 Å². The Bertz CT molecular complexity index is 198. The van der Waals surface area contributed by atoms with Crippen LogP contribution in [0.5, 0.6) is 0 Å². The molecule has 0 aliphatic carbocycles. The van der Waals surface area contributed by atoms with Gasteiger partial charge in [0.15, 0.2) is 0 Å². The summed E-state index contributed by atoms with van der Waals surface area (Å²) in [5, 5.41) is 0. The number of ether oxygens (including phenoxy) is 1. The van der Waals surface area contributed by atoms with Gasteiger partial charge in [-0.1, -0.05) is 5.92 Å². The monoisotopic (exact) mass is 196 g/mol. The quantitative estimate of drug-likeness (QED) is 0.600. The van der Waals surface area contributed by atoms with Gasteiger partial charge in [0.2, 0.25) is 0 Å². The average Bonchev–Trinajstić information content (AvgIpc) is 2.16. The molecule has 1 atom stereocenters. The Balaban J connectivity index is 2.22. The third-order valence-electron chi connectivity index (χ3n) is 2.44. The van der Waals surface area contributed by atoms with Crippen LogP contribution in [0.25, 0.3) is 0 Å². The van der Waals surface area contributed by atoms with Crippen LogP contribution >= 0.6 is 0 Å². The molecule has 1 heterocycles. The van der Waals surface area contributed by atoms with Gasteiger partial charge >= 0.3 is 0 Å². The average molecular weight is 196 g/mol. The molecule has 0 aromatic carbocycles. The Morgan fingerprint density at radius 2 is 2.36 bits per heavy atom. The van der Waals surface area contributed by atoms with Crippen LogP contribution in [0.1, 0.15) is 6.42 Å². The Kier molecular flexibility index (Phi) is 4.95. The summed E-state index contributed by atoms with van der Waals surface area (Å²) in [6, 6.07) is 0. The number of hydrogen-bond donors (Lipinski definition) is 0. The molecule has 0 unspecified atom stereocenters. The van der Waals surface area contributed by atoms with E-state index in [0.717, 1.165) is 39.2 Å². The molecule has 0 bridgehead atoms. The minimum absolute atomic E-state index is 0.361. The molecule has 0 amide bonds. The molecule has 0 spiro atoms. The fraction of sp³-hybridized carbons (Fsp3) is 0.818. The van der Waals surface area contributed by atoms with E-state index in [9.17, 15) is 0 Å². The lowest BCUT2D eigenvalue weighted by atomic mass is 10.2. The second-order valence-electron chi connectivity index (χ2n) is 4.02. The first-order valence-electron chi connectivity index (χ1n) is 5.14. The van der Waals surface area contributed by atoms with Crippen LogP contribution in [-0.4, -0.2) is 62.8 Å². The van der Waals surface area contributed by atoms with Crippen LogP contribution in [-0.2, 0) is 4.74 Å². The van der Waals surface area contributed by atoms with Crippen molar-refractivity contribution in [3.05, 3.63) is 0 Å². The van der Waals surface area contributed by atoms with Gasteiger partial charge in [-0.2, -0.15) is 0 Å². The largest absolute Gasteiger partial charge is 0.376 e. The summed E-state index contributed by atoms with van der Waals surface area (Å²) < 4.78 is 5.67. The molecule has 1 fully saturated rings. The van der Waals surface area contributed by atoms with Crippen molar-refractivity contribution in [3.8, 4) is 12.3 Å².